The lowest BCUT2D eigenvalue weighted by Crippen LogP contribution is -2.13. The molecule has 2 amide bonds. The van der Waals surface area contributed by atoms with E-state index in [2.05, 4.69) is 20.8 Å². The molecule has 6 nitrogen and oxygen atoms in total. The maximum atomic E-state index is 12.2. The molecule has 3 aromatic rings. The quantitative estimate of drug-likeness (QED) is 0.576. The summed E-state index contributed by atoms with van der Waals surface area (Å²) in [6.07, 6.45) is 0. The highest BCUT2D eigenvalue weighted by Gasteiger charge is 2.09. The molecule has 1 heterocycles. The van der Waals surface area contributed by atoms with Crippen LogP contribution in [-0.4, -0.2) is 27.8 Å². The number of aryl methyl sites for hydroxylation is 1. The summed E-state index contributed by atoms with van der Waals surface area (Å²) in [6.45, 7) is 1.83. The Morgan fingerprint density at radius 2 is 1.89 bits per heavy atom. The van der Waals surface area contributed by atoms with Crippen LogP contribution in [0.2, 0.25) is 5.02 Å². The molecule has 138 valence electrons. The zero-order valence-electron chi connectivity index (χ0n) is 14.2. The van der Waals surface area contributed by atoms with Gasteiger partial charge in [0.15, 0.2) is 0 Å². The zero-order valence-corrected chi connectivity index (χ0v) is 16.6. The van der Waals surface area contributed by atoms with Crippen molar-refractivity contribution in [1.82, 2.24) is 10.2 Å². The van der Waals surface area contributed by atoms with Crippen molar-refractivity contribution in [2.75, 3.05) is 16.4 Å². The number of nitrogens with zero attached hydrogens (tertiary/aromatic N) is 2. The molecular formula is C18H15ClN4O2S2. The van der Waals surface area contributed by atoms with Crippen LogP contribution >= 0.6 is 34.7 Å². The van der Waals surface area contributed by atoms with Crippen molar-refractivity contribution in [3.63, 3.8) is 0 Å². The van der Waals surface area contributed by atoms with E-state index in [1.165, 1.54) is 23.1 Å². The predicted octanol–water partition coefficient (Wildman–Crippen LogP) is 4.48. The maximum Gasteiger partial charge on any atom is 0.255 e. The lowest BCUT2D eigenvalue weighted by atomic mass is 10.2. The highest BCUT2D eigenvalue weighted by Crippen LogP contribution is 2.22. The van der Waals surface area contributed by atoms with E-state index >= 15 is 0 Å². The number of halogens is 1. The summed E-state index contributed by atoms with van der Waals surface area (Å²) in [6, 6.07) is 14.0. The van der Waals surface area contributed by atoms with Gasteiger partial charge in [0.05, 0.1) is 5.75 Å². The minimum Gasteiger partial charge on any atom is -0.322 e. The second-order valence-electron chi connectivity index (χ2n) is 5.45. The number of hydrogen-bond acceptors (Lipinski definition) is 6. The van der Waals surface area contributed by atoms with E-state index in [1.807, 2.05) is 19.1 Å². The first-order chi connectivity index (χ1) is 13.0. The minimum absolute atomic E-state index is 0.144. The molecule has 9 heteroatoms. The van der Waals surface area contributed by atoms with Crippen LogP contribution in [0.25, 0.3) is 0 Å². The predicted molar refractivity (Wildman–Crippen MR) is 110 cm³/mol. The lowest BCUT2D eigenvalue weighted by Gasteiger charge is -2.07. The van der Waals surface area contributed by atoms with Gasteiger partial charge in [-0.2, -0.15) is 0 Å². The Bertz CT molecular complexity index is 960. The van der Waals surface area contributed by atoms with Crippen molar-refractivity contribution in [3.8, 4) is 0 Å². The second kappa shape index (κ2) is 8.98. The van der Waals surface area contributed by atoms with E-state index in [4.69, 9.17) is 11.6 Å². The van der Waals surface area contributed by atoms with Crippen molar-refractivity contribution < 1.29 is 9.59 Å². The number of hydrogen-bond donors (Lipinski definition) is 2. The van der Waals surface area contributed by atoms with Gasteiger partial charge >= 0.3 is 0 Å². The van der Waals surface area contributed by atoms with E-state index in [9.17, 15) is 9.59 Å². The molecule has 0 aliphatic heterocycles. The SMILES string of the molecule is Cc1nnc(NC(=O)CSc2ccc(NC(=O)c3cccc(Cl)c3)cc2)s1. The zero-order chi connectivity index (χ0) is 19.2. The summed E-state index contributed by atoms with van der Waals surface area (Å²) in [5.74, 6) is -0.119. The Morgan fingerprint density at radius 3 is 2.56 bits per heavy atom. The van der Waals surface area contributed by atoms with Crippen LogP contribution in [-0.2, 0) is 4.79 Å². The molecule has 0 saturated carbocycles. The van der Waals surface area contributed by atoms with Gasteiger partial charge in [0, 0.05) is 21.2 Å². The van der Waals surface area contributed by atoms with Gasteiger partial charge in [-0.1, -0.05) is 29.0 Å². The third-order valence-corrected chi connectivity index (χ3v) is 5.34. The number of benzene rings is 2. The largest absolute Gasteiger partial charge is 0.322 e. The number of thioether (sulfide) groups is 1. The standard InChI is InChI=1S/C18H15ClN4O2S2/c1-11-22-23-18(27-11)21-16(24)10-26-15-7-5-14(6-8-15)20-17(25)12-3-2-4-13(19)9-12/h2-9H,10H2,1H3,(H,20,25)(H,21,23,24). The molecule has 27 heavy (non-hydrogen) atoms. The number of carbonyl (C=O) groups is 2. The Kier molecular flexibility index (Phi) is 6.44. The first-order valence-electron chi connectivity index (χ1n) is 7.89. The average molecular weight is 419 g/mol. The third-order valence-electron chi connectivity index (χ3n) is 3.34. The number of amides is 2. The van der Waals surface area contributed by atoms with Crippen LogP contribution in [0.15, 0.2) is 53.4 Å². The molecule has 0 aliphatic carbocycles. The van der Waals surface area contributed by atoms with E-state index < -0.39 is 0 Å². The van der Waals surface area contributed by atoms with Crippen molar-refractivity contribution >= 4 is 57.3 Å². The van der Waals surface area contributed by atoms with Gasteiger partial charge in [-0.3, -0.25) is 14.9 Å². The molecule has 2 aromatic carbocycles. The fourth-order valence-corrected chi connectivity index (χ4v) is 3.62. The highest BCUT2D eigenvalue weighted by atomic mass is 35.5. The van der Waals surface area contributed by atoms with E-state index in [-0.39, 0.29) is 17.6 Å². The van der Waals surface area contributed by atoms with Gasteiger partial charge in [-0.25, -0.2) is 0 Å². The fraction of sp³-hybridized carbons (Fsp3) is 0.111. The molecule has 0 fully saturated rings. The Morgan fingerprint density at radius 1 is 1.11 bits per heavy atom. The summed E-state index contributed by atoms with van der Waals surface area (Å²) in [4.78, 5) is 25.1. The number of aromatic nitrogens is 2. The first kappa shape index (κ1) is 19.3. The van der Waals surface area contributed by atoms with Crippen LogP contribution in [0.5, 0.6) is 0 Å². The summed E-state index contributed by atoms with van der Waals surface area (Å²) in [5, 5.41) is 15.0. The van der Waals surface area contributed by atoms with Gasteiger partial charge in [0.25, 0.3) is 5.91 Å². The molecule has 0 bridgehead atoms. The topological polar surface area (TPSA) is 84.0 Å². The molecular weight excluding hydrogens is 404 g/mol. The lowest BCUT2D eigenvalue weighted by molar-refractivity contribution is -0.113. The maximum absolute atomic E-state index is 12.2. The van der Waals surface area contributed by atoms with Gasteiger partial charge in [-0.05, 0) is 49.4 Å². The molecule has 0 unspecified atom stereocenters. The molecule has 0 atom stereocenters. The molecule has 0 radical (unpaired) electrons. The smallest absolute Gasteiger partial charge is 0.255 e. The average Bonchev–Trinajstić information content (AvgIpc) is 3.06. The first-order valence-corrected chi connectivity index (χ1v) is 10.1. The van der Waals surface area contributed by atoms with Gasteiger partial charge in [-0.15, -0.1) is 22.0 Å². The van der Waals surface area contributed by atoms with Gasteiger partial charge in [0.1, 0.15) is 5.01 Å². The molecule has 0 spiro atoms. The van der Waals surface area contributed by atoms with Gasteiger partial charge in [0.2, 0.25) is 11.0 Å². The number of rotatable bonds is 6. The minimum atomic E-state index is -0.232. The number of carbonyl (C=O) groups excluding carboxylic acids is 2. The molecule has 3 rings (SSSR count). The van der Waals surface area contributed by atoms with Crippen LogP contribution in [0.1, 0.15) is 15.4 Å². The monoisotopic (exact) mass is 418 g/mol. The molecule has 0 aliphatic rings. The van der Waals surface area contributed by atoms with Crippen molar-refractivity contribution in [2.24, 2.45) is 0 Å². The van der Waals surface area contributed by atoms with Crippen molar-refractivity contribution in [1.29, 1.82) is 0 Å². The number of anilines is 2. The summed E-state index contributed by atoms with van der Waals surface area (Å²) in [7, 11) is 0. The Hall–Kier alpha value is -2.42. The normalized spacial score (nSPS) is 10.4. The van der Waals surface area contributed by atoms with Crippen molar-refractivity contribution in [2.45, 2.75) is 11.8 Å². The van der Waals surface area contributed by atoms with Crippen molar-refractivity contribution in [3.05, 3.63) is 64.1 Å². The van der Waals surface area contributed by atoms with Crippen LogP contribution < -0.4 is 10.6 Å². The fourth-order valence-electron chi connectivity index (χ4n) is 2.12. The third kappa shape index (κ3) is 5.78. The Balaban J connectivity index is 1.51. The van der Waals surface area contributed by atoms with E-state index in [0.717, 1.165) is 9.90 Å². The number of nitrogens with one attached hydrogen (secondary N) is 2. The highest BCUT2D eigenvalue weighted by molar-refractivity contribution is 8.00. The summed E-state index contributed by atoms with van der Waals surface area (Å²) < 4.78 is 0. The molecule has 1 aromatic heterocycles. The molecule has 2 N–H and O–H groups in total. The molecule has 0 saturated heterocycles. The summed E-state index contributed by atoms with van der Waals surface area (Å²) >= 11 is 8.63. The van der Waals surface area contributed by atoms with Crippen LogP contribution in [0.3, 0.4) is 0 Å². The van der Waals surface area contributed by atoms with Crippen LogP contribution in [0, 0.1) is 6.92 Å². The Labute approximate surface area is 169 Å². The van der Waals surface area contributed by atoms with E-state index in [0.29, 0.717) is 21.4 Å². The van der Waals surface area contributed by atoms with E-state index in [1.54, 1.807) is 36.4 Å². The van der Waals surface area contributed by atoms with Gasteiger partial charge < -0.3 is 5.32 Å². The summed E-state index contributed by atoms with van der Waals surface area (Å²) in [5.41, 5.74) is 1.16. The van der Waals surface area contributed by atoms with Crippen LogP contribution in [0.4, 0.5) is 10.8 Å². The second-order valence-corrected chi connectivity index (χ2v) is 8.12.